The molecule has 2 saturated heterocycles. The summed E-state index contributed by atoms with van der Waals surface area (Å²) in [4.78, 5) is 0. The predicted octanol–water partition coefficient (Wildman–Crippen LogP) is 3.05. The fourth-order valence-electron chi connectivity index (χ4n) is 2.49. The number of fused-ring (bicyclic) bond motifs is 1. The fourth-order valence-corrected chi connectivity index (χ4v) is 4.23. The molecule has 0 spiro atoms. The third kappa shape index (κ3) is 3.87. The first-order valence-corrected chi connectivity index (χ1v) is 12.0. The third-order valence-corrected chi connectivity index (χ3v) is 10.7. The number of aliphatic hydroxyl groups is 1. The number of ether oxygens (including phenoxy) is 3. The standard InChI is InChI=1S/C15H29IO5Si/c1-14(2,3)22(6,7)18-8-9-11-12(10(16)13(17)19-9)21-15(4,5)20-11/h9-13,17H,8H2,1-7H3/t9-,10-,11-,12+,13?/m1/s1. The van der Waals surface area contributed by atoms with E-state index in [9.17, 15) is 5.11 Å². The Morgan fingerprint density at radius 1 is 1.18 bits per heavy atom. The molecule has 0 aromatic heterocycles. The molecule has 0 aromatic carbocycles. The summed E-state index contributed by atoms with van der Waals surface area (Å²) in [6.45, 7) is 15.3. The molecule has 130 valence electrons. The van der Waals surface area contributed by atoms with Gasteiger partial charge in [0, 0.05) is 0 Å². The van der Waals surface area contributed by atoms with Gasteiger partial charge in [0.25, 0.3) is 0 Å². The molecule has 2 rings (SSSR count). The van der Waals surface area contributed by atoms with Crippen molar-refractivity contribution in [2.24, 2.45) is 0 Å². The Hall–Kier alpha value is 0.747. The minimum absolute atomic E-state index is 0.137. The van der Waals surface area contributed by atoms with Gasteiger partial charge < -0.3 is 23.7 Å². The molecule has 0 bridgehead atoms. The quantitative estimate of drug-likeness (QED) is 0.412. The van der Waals surface area contributed by atoms with Crippen LogP contribution in [0.2, 0.25) is 18.1 Å². The Kier molecular flexibility index (Phi) is 5.41. The van der Waals surface area contributed by atoms with Crippen LogP contribution in [0.1, 0.15) is 34.6 Å². The van der Waals surface area contributed by atoms with Crippen molar-refractivity contribution < 1.29 is 23.7 Å². The normalized spacial score (nSPS) is 38.9. The van der Waals surface area contributed by atoms with Crippen molar-refractivity contribution in [3.8, 4) is 0 Å². The zero-order valence-electron chi connectivity index (χ0n) is 14.6. The Bertz CT molecular complexity index is 409. The minimum Gasteiger partial charge on any atom is -0.414 e. The molecule has 5 nitrogen and oxygen atoms in total. The number of hydrogen-bond acceptors (Lipinski definition) is 5. The van der Waals surface area contributed by atoms with Crippen LogP contribution in [0.25, 0.3) is 0 Å². The van der Waals surface area contributed by atoms with E-state index in [1.807, 2.05) is 13.8 Å². The topological polar surface area (TPSA) is 57.2 Å². The molecule has 0 aliphatic carbocycles. The highest BCUT2D eigenvalue weighted by atomic mass is 127. The van der Waals surface area contributed by atoms with Crippen LogP contribution < -0.4 is 0 Å². The van der Waals surface area contributed by atoms with Gasteiger partial charge in [-0.2, -0.15) is 0 Å². The van der Waals surface area contributed by atoms with E-state index in [2.05, 4.69) is 56.5 Å². The van der Waals surface area contributed by atoms with E-state index in [0.29, 0.717) is 6.61 Å². The van der Waals surface area contributed by atoms with E-state index < -0.39 is 20.4 Å². The smallest absolute Gasteiger partial charge is 0.192 e. The van der Waals surface area contributed by atoms with E-state index in [1.54, 1.807) is 0 Å². The molecule has 2 fully saturated rings. The molecular weight excluding hydrogens is 415 g/mol. The number of halogens is 1. The van der Waals surface area contributed by atoms with Gasteiger partial charge in [-0.15, -0.1) is 0 Å². The van der Waals surface area contributed by atoms with Gasteiger partial charge in [0.1, 0.15) is 18.3 Å². The minimum atomic E-state index is -1.87. The Labute approximate surface area is 148 Å². The summed E-state index contributed by atoms with van der Waals surface area (Å²) in [5.74, 6) is -0.651. The van der Waals surface area contributed by atoms with Crippen LogP contribution >= 0.6 is 22.6 Å². The summed E-state index contributed by atoms with van der Waals surface area (Å²) in [6.07, 6.45) is -1.54. The van der Waals surface area contributed by atoms with Gasteiger partial charge in [-0.25, -0.2) is 0 Å². The van der Waals surface area contributed by atoms with Gasteiger partial charge in [-0.05, 0) is 32.0 Å². The molecule has 2 heterocycles. The Morgan fingerprint density at radius 2 is 1.73 bits per heavy atom. The summed E-state index contributed by atoms with van der Waals surface area (Å²) < 4.78 is 23.8. The van der Waals surface area contributed by atoms with Crippen LogP contribution in [0.15, 0.2) is 0 Å². The van der Waals surface area contributed by atoms with E-state index in [-0.39, 0.29) is 27.3 Å². The number of hydrogen-bond donors (Lipinski definition) is 1. The number of alkyl halides is 1. The van der Waals surface area contributed by atoms with Gasteiger partial charge in [-0.3, -0.25) is 0 Å². The molecule has 0 radical (unpaired) electrons. The highest BCUT2D eigenvalue weighted by Crippen LogP contribution is 2.41. The van der Waals surface area contributed by atoms with Crippen molar-refractivity contribution in [3.63, 3.8) is 0 Å². The lowest BCUT2D eigenvalue weighted by Crippen LogP contribution is -2.56. The molecule has 2 aliphatic rings. The summed E-state index contributed by atoms with van der Waals surface area (Å²) in [6, 6.07) is 0. The maximum atomic E-state index is 10.1. The molecule has 0 saturated carbocycles. The molecule has 1 N–H and O–H groups in total. The highest BCUT2D eigenvalue weighted by Gasteiger charge is 2.54. The molecule has 1 unspecified atom stereocenters. The lowest BCUT2D eigenvalue weighted by molar-refractivity contribution is -0.210. The molecule has 7 heteroatoms. The highest BCUT2D eigenvalue weighted by molar-refractivity contribution is 14.1. The fraction of sp³-hybridized carbons (Fsp3) is 1.00. The summed E-state index contributed by atoms with van der Waals surface area (Å²) in [7, 11) is -1.87. The average molecular weight is 444 g/mol. The largest absolute Gasteiger partial charge is 0.414 e. The lowest BCUT2D eigenvalue weighted by atomic mass is 10.0. The SMILES string of the molecule is CC1(C)O[C@@H]2[C@H](O1)[C@@H](CO[Si](C)(C)C(C)(C)C)OC(O)[C@@H]2I. The van der Waals surface area contributed by atoms with Crippen LogP contribution in [0, 0.1) is 0 Å². The average Bonchev–Trinajstić information content (AvgIpc) is 2.67. The molecule has 0 amide bonds. The second kappa shape index (κ2) is 6.23. The molecule has 5 atom stereocenters. The monoisotopic (exact) mass is 444 g/mol. The van der Waals surface area contributed by atoms with E-state index in [4.69, 9.17) is 18.6 Å². The van der Waals surface area contributed by atoms with Gasteiger partial charge in [0.05, 0.1) is 10.5 Å². The second-order valence-corrected chi connectivity index (χ2v) is 14.4. The van der Waals surface area contributed by atoms with Crippen LogP contribution in [0.5, 0.6) is 0 Å². The first kappa shape index (κ1) is 19.1. The van der Waals surface area contributed by atoms with E-state index in [0.717, 1.165) is 0 Å². The van der Waals surface area contributed by atoms with Crippen LogP contribution in [0.3, 0.4) is 0 Å². The van der Waals surface area contributed by atoms with Crippen molar-refractivity contribution in [1.82, 2.24) is 0 Å². The number of rotatable bonds is 3. The van der Waals surface area contributed by atoms with Crippen LogP contribution in [-0.2, 0) is 18.6 Å². The summed E-state index contributed by atoms with van der Waals surface area (Å²) in [5.41, 5.74) is 0. The van der Waals surface area contributed by atoms with E-state index >= 15 is 0 Å². The zero-order valence-corrected chi connectivity index (χ0v) is 17.7. The van der Waals surface area contributed by atoms with Crippen LogP contribution in [0.4, 0.5) is 0 Å². The van der Waals surface area contributed by atoms with Gasteiger partial charge in [0.2, 0.25) is 0 Å². The summed E-state index contributed by atoms with van der Waals surface area (Å²) in [5, 5.41) is 10.3. The van der Waals surface area contributed by atoms with Crippen molar-refractivity contribution in [1.29, 1.82) is 0 Å². The molecule has 0 aromatic rings. The molecule has 2 aliphatic heterocycles. The Balaban J connectivity index is 2.07. The first-order chi connectivity index (χ1) is 9.84. The lowest BCUT2D eigenvalue weighted by Gasteiger charge is -2.41. The van der Waals surface area contributed by atoms with Gasteiger partial charge in [0.15, 0.2) is 20.4 Å². The summed E-state index contributed by atoms with van der Waals surface area (Å²) >= 11 is 2.17. The van der Waals surface area contributed by atoms with Gasteiger partial charge in [-0.1, -0.05) is 43.4 Å². The predicted molar refractivity (Wildman–Crippen MR) is 95.7 cm³/mol. The Morgan fingerprint density at radius 3 is 2.27 bits per heavy atom. The van der Waals surface area contributed by atoms with Gasteiger partial charge >= 0.3 is 0 Å². The molecule has 22 heavy (non-hydrogen) atoms. The van der Waals surface area contributed by atoms with Crippen molar-refractivity contribution in [3.05, 3.63) is 0 Å². The second-order valence-electron chi connectivity index (χ2n) is 8.15. The molecular formula is C15H29IO5Si. The van der Waals surface area contributed by atoms with Crippen molar-refractivity contribution >= 4 is 30.9 Å². The van der Waals surface area contributed by atoms with Crippen molar-refractivity contribution in [2.45, 2.75) is 87.1 Å². The van der Waals surface area contributed by atoms with Crippen LogP contribution in [-0.4, -0.2) is 54.3 Å². The number of aliphatic hydroxyl groups excluding tert-OH is 1. The maximum absolute atomic E-state index is 10.1. The zero-order chi connectivity index (χ0) is 16.9. The van der Waals surface area contributed by atoms with Crippen molar-refractivity contribution in [2.75, 3.05) is 6.61 Å². The third-order valence-electron chi connectivity index (χ3n) is 4.85. The first-order valence-electron chi connectivity index (χ1n) is 7.81. The van der Waals surface area contributed by atoms with E-state index in [1.165, 1.54) is 0 Å². The maximum Gasteiger partial charge on any atom is 0.192 e.